The number of ether oxygens (including phenoxy) is 2. The number of nitrogens with one attached hydrogen (secondary N) is 2. The largest absolute Gasteiger partial charge is 0.394 e. The molecule has 0 aromatic heterocycles. The Morgan fingerprint density at radius 3 is 2.94 bits per heavy atom. The van der Waals surface area contributed by atoms with Crippen LogP contribution in [0, 0.1) is 5.92 Å². The Morgan fingerprint density at radius 1 is 1.39 bits per heavy atom. The second-order valence-electron chi connectivity index (χ2n) is 4.33. The molecule has 0 spiro atoms. The average molecular weight is 260 g/mol. The van der Waals surface area contributed by atoms with Gasteiger partial charge in [0.05, 0.1) is 39.0 Å². The lowest BCUT2D eigenvalue weighted by molar-refractivity contribution is -0.125. The van der Waals surface area contributed by atoms with E-state index in [2.05, 4.69) is 17.6 Å². The molecule has 1 rings (SSSR count). The van der Waals surface area contributed by atoms with Crippen LogP contribution in [0.25, 0.3) is 0 Å². The number of carbonyl (C=O) groups excluding carboxylic acids is 1. The summed E-state index contributed by atoms with van der Waals surface area (Å²) in [6, 6.07) is 0.114. The molecule has 0 saturated carbocycles. The Bertz CT molecular complexity index is 238. The highest BCUT2D eigenvalue weighted by molar-refractivity contribution is 5.79. The predicted octanol–water partition coefficient (Wildman–Crippen LogP) is -0.874. The van der Waals surface area contributed by atoms with Crippen LogP contribution in [0.15, 0.2) is 0 Å². The van der Waals surface area contributed by atoms with E-state index < -0.39 is 0 Å². The second-order valence-corrected chi connectivity index (χ2v) is 4.33. The van der Waals surface area contributed by atoms with Crippen LogP contribution in [0.1, 0.15) is 13.3 Å². The summed E-state index contributed by atoms with van der Waals surface area (Å²) in [6.45, 7) is 5.27. The zero-order chi connectivity index (χ0) is 13.2. The van der Waals surface area contributed by atoms with Crippen LogP contribution < -0.4 is 10.6 Å². The molecule has 0 aromatic rings. The highest BCUT2D eigenvalue weighted by Gasteiger charge is 2.33. The van der Waals surface area contributed by atoms with Gasteiger partial charge in [-0.05, 0) is 13.0 Å². The first-order valence-electron chi connectivity index (χ1n) is 6.57. The van der Waals surface area contributed by atoms with Gasteiger partial charge in [-0.25, -0.2) is 0 Å². The van der Waals surface area contributed by atoms with Gasteiger partial charge in [0.2, 0.25) is 5.91 Å². The maximum atomic E-state index is 11.9. The fourth-order valence-corrected chi connectivity index (χ4v) is 1.89. The quantitative estimate of drug-likeness (QED) is 0.469. The first-order valence-corrected chi connectivity index (χ1v) is 6.57. The van der Waals surface area contributed by atoms with E-state index >= 15 is 0 Å². The molecule has 1 heterocycles. The van der Waals surface area contributed by atoms with Crippen molar-refractivity contribution >= 4 is 5.91 Å². The zero-order valence-electron chi connectivity index (χ0n) is 11.0. The van der Waals surface area contributed by atoms with Gasteiger partial charge in [-0.3, -0.25) is 4.79 Å². The Kier molecular flexibility index (Phi) is 7.91. The average Bonchev–Trinajstić information content (AvgIpc) is 2.84. The Balaban J connectivity index is 2.18. The summed E-state index contributed by atoms with van der Waals surface area (Å²) < 4.78 is 10.4. The third-order valence-electron chi connectivity index (χ3n) is 2.86. The van der Waals surface area contributed by atoms with Gasteiger partial charge in [-0.15, -0.1) is 0 Å². The van der Waals surface area contributed by atoms with E-state index in [1.807, 2.05) is 0 Å². The summed E-state index contributed by atoms with van der Waals surface area (Å²) >= 11 is 0. The zero-order valence-corrected chi connectivity index (χ0v) is 11.0. The summed E-state index contributed by atoms with van der Waals surface area (Å²) in [6.07, 6.45) is 1.04. The third-order valence-corrected chi connectivity index (χ3v) is 2.86. The maximum Gasteiger partial charge on any atom is 0.227 e. The summed E-state index contributed by atoms with van der Waals surface area (Å²) in [5, 5.41) is 14.7. The normalized spacial score (nSPS) is 23.2. The van der Waals surface area contributed by atoms with Crippen molar-refractivity contribution in [3.63, 3.8) is 0 Å². The van der Waals surface area contributed by atoms with Crippen molar-refractivity contribution in [2.75, 3.05) is 46.1 Å². The molecule has 1 amide bonds. The van der Waals surface area contributed by atoms with E-state index in [9.17, 15) is 4.79 Å². The topological polar surface area (TPSA) is 79.8 Å². The lowest BCUT2D eigenvalue weighted by Crippen LogP contribution is -2.44. The van der Waals surface area contributed by atoms with Crippen LogP contribution in [0.4, 0.5) is 0 Å². The second kappa shape index (κ2) is 9.27. The maximum absolute atomic E-state index is 11.9. The molecule has 106 valence electrons. The van der Waals surface area contributed by atoms with Gasteiger partial charge < -0.3 is 25.2 Å². The molecule has 1 aliphatic heterocycles. The molecule has 6 nitrogen and oxygen atoms in total. The summed E-state index contributed by atoms with van der Waals surface area (Å²) in [4.78, 5) is 11.9. The highest BCUT2D eigenvalue weighted by atomic mass is 16.5. The van der Waals surface area contributed by atoms with Crippen molar-refractivity contribution in [2.45, 2.75) is 19.4 Å². The summed E-state index contributed by atoms with van der Waals surface area (Å²) in [5.41, 5.74) is 0. The molecule has 1 saturated heterocycles. The Morgan fingerprint density at radius 2 is 2.22 bits per heavy atom. The van der Waals surface area contributed by atoms with Gasteiger partial charge in [0, 0.05) is 12.6 Å². The molecule has 0 bridgehead atoms. The molecule has 2 unspecified atom stereocenters. The van der Waals surface area contributed by atoms with Crippen molar-refractivity contribution in [3.05, 3.63) is 0 Å². The van der Waals surface area contributed by atoms with Crippen molar-refractivity contribution in [2.24, 2.45) is 5.92 Å². The SMILES string of the molecule is CCCNC1COCC1C(=O)NCCOCCO. The molecular weight excluding hydrogens is 236 g/mol. The molecule has 1 aliphatic rings. The van der Waals surface area contributed by atoms with Crippen molar-refractivity contribution in [1.29, 1.82) is 0 Å². The van der Waals surface area contributed by atoms with Gasteiger partial charge in [0.1, 0.15) is 0 Å². The highest BCUT2D eigenvalue weighted by Crippen LogP contribution is 2.13. The molecule has 2 atom stereocenters. The lowest BCUT2D eigenvalue weighted by atomic mass is 10.0. The Labute approximate surface area is 108 Å². The van der Waals surface area contributed by atoms with Gasteiger partial charge in [0.15, 0.2) is 0 Å². The molecule has 0 radical (unpaired) electrons. The van der Waals surface area contributed by atoms with Crippen molar-refractivity contribution in [3.8, 4) is 0 Å². The smallest absolute Gasteiger partial charge is 0.227 e. The van der Waals surface area contributed by atoms with Crippen LogP contribution in [-0.2, 0) is 14.3 Å². The number of aliphatic hydroxyl groups is 1. The van der Waals surface area contributed by atoms with E-state index in [-0.39, 0.29) is 24.5 Å². The van der Waals surface area contributed by atoms with E-state index in [1.54, 1.807) is 0 Å². The van der Waals surface area contributed by atoms with Crippen LogP contribution in [0.5, 0.6) is 0 Å². The molecule has 3 N–H and O–H groups in total. The lowest BCUT2D eigenvalue weighted by Gasteiger charge is -2.18. The van der Waals surface area contributed by atoms with E-state index in [0.29, 0.717) is 33.0 Å². The number of carbonyl (C=O) groups is 1. The number of amides is 1. The monoisotopic (exact) mass is 260 g/mol. The van der Waals surface area contributed by atoms with E-state index in [4.69, 9.17) is 14.6 Å². The molecule has 0 aromatic carbocycles. The van der Waals surface area contributed by atoms with Gasteiger partial charge in [-0.1, -0.05) is 6.92 Å². The first-order chi connectivity index (χ1) is 8.79. The fourth-order valence-electron chi connectivity index (χ4n) is 1.89. The number of hydrogen-bond donors (Lipinski definition) is 3. The minimum Gasteiger partial charge on any atom is -0.394 e. The standard InChI is InChI=1S/C12H24N2O4/c1-2-3-13-11-9-18-8-10(11)12(16)14-4-6-17-7-5-15/h10-11,13,15H,2-9H2,1H3,(H,14,16). The van der Waals surface area contributed by atoms with Crippen LogP contribution in [-0.4, -0.2) is 63.2 Å². The summed E-state index contributed by atoms with van der Waals surface area (Å²) in [7, 11) is 0. The Hall–Kier alpha value is -0.690. The number of rotatable bonds is 9. The first kappa shape index (κ1) is 15.4. The van der Waals surface area contributed by atoms with E-state index in [0.717, 1.165) is 13.0 Å². The minimum atomic E-state index is -0.116. The summed E-state index contributed by atoms with van der Waals surface area (Å²) in [5.74, 6) is -0.108. The van der Waals surface area contributed by atoms with Gasteiger partial charge in [-0.2, -0.15) is 0 Å². The van der Waals surface area contributed by atoms with Crippen LogP contribution >= 0.6 is 0 Å². The van der Waals surface area contributed by atoms with E-state index in [1.165, 1.54) is 0 Å². The third kappa shape index (κ3) is 5.30. The molecule has 0 aliphatic carbocycles. The van der Waals surface area contributed by atoms with Crippen LogP contribution in [0.2, 0.25) is 0 Å². The predicted molar refractivity (Wildman–Crippen MR) is 67.3 cm³/mol. The molecule has 6 heteroatoms. The van der Waals surface area contributed by atoms with Crippen molar-refractivity contribution in [1.82, 2.24) is 10.6 Å². The van der Waals surface area contributed by atoms with Crippen LogP contribution in [0.3, 0.4) is 0 Å². The number of aliphatic hydroxyl groups excluding tert-OH is 1. The molecular formula is C12H24N2O4. The van der Waals surface area contributed by atoms with Gasteiger partial charge >= 0.3 is 0 Å². The molecule has 18 heavy (non-hydrogen) atoms. The van der Waals surface area contributed by atoms with Crippen molar-refractivity contribution < 1.29 is 19.4 Å². The van der Waals surface area contributed by atoms with Gasteiger partial charge in [0.25, 0.3) is 0 Å². The number of hydrogen-bond acceptors (Lipinski definition) is 5. The molecule has 1 fully saturated rings. The minimum absolute atomic E-state index is 0.00736. The fraction of sp³-hybridized carbons (Fsp3) is 0.917.